The maximum absolute atomic E-state index is 12.5. The third-order valence-electron chi connectivity index (χ3n) is 3.90. The molecule has 1 unspecified atom stereocenters. The molecule has 0 fully saturated rings. The zero-order valence-corrected chi connectivity index (χ0v) is 12.3. The van der Waals surface area contributed by atoms with E-state index in [1.165, 1.54) is 0 Å². The zero-order chi connectivity index (χ0) is 14.8. The molecule has 0 radical (unpaired) electrons. The summed E-state index contributed by atoms with van der Waals surface area (Å²) in [5.74, 6) is 1.62. The van der Waals surface area contributed by atoms with Gasteiger partial charge in [0, 0.05) is 18.0 Å². The number of rotatable bonds is 3. The zero-order valence-electron chi connectivity index (χ0n) is 12.3. The van der Waals surface area contributed by atoms with Crippen LogP contribution in [0.1, 0.15) is 23.6 Å². The molecule has 0 bridgehead atoms. The van der Waals surface area contributed by atoms with E-state index in [0.29, 0.717) is 5.75 Å². The van der Waals surface area contributed by atoms with Gasteiger partial charge in [-0.2, -0.15) is 0 Å². The number of amides is 1. The van der Waals surface area contributed by atoms with Gasteiger partial charge in [-0.15, -0.1) is 0 Å². The molecule has 5 nitrogen and oxygen atoms in total. The summed E-state index contributed by atoms with van der Waals surface area (Å²) in [6, 6.07) is 7.46. The summed E-state index contributed by atoms with van der Waals surface area (Å²) in [7, 11) is 1.60. The highest BCUT2D eigenvalue weighted by Crippen LogP contribution is 2.27. The Bertz CT molecular complexity index is 663. The number of anilines is 1. The van der Waals surface area contributed by atoms with E-state index in [0.717, 1.165) is 42.2 Å². The SMILES string of the molecule is COc1ccccc1NC(=O)C1CCc2nc(C)[nH]c2C1. The average molecular weight is 285 g/mol. The number of nitrogens with zero attached hydrogens (tertiary/aromatic N) is 1. The van der Waals surface area contributed by atoms with E-state index in [1.54, 1.807) is 7.11 Å². The van der Waals surface area contributed by atoms with E-state index in [9.17, 15) is 4.79 Å². The van der Waals surface area contributed by atoms with Crippen LogP contribution in [0.5, 0.6) is 5.75 Å². The van der Waals surface area contributed by atoms with Crippen molar-refractivity contribution < 1.29 is 9.53 Å². The van der Waals surface area contributed by atoms with Crippen molar-refractivity contribution >= 4 is 11.6 Å². The second-order valence-corrected chi connectivity index (χ2v) is 5.38. The van der Waals surface area contributed by atoms with Crippen molar-refractivity contribution in [2.24, 2.45) is 5.92 Å². The second-order valence-electron chi connectivity index (χ2n) is 5.38. The topological polar surface area (TPSA) is 67.0 Å². The Morgan fingerprint density at radius 3 is 3.05 bits per heavy atom. The van der Waals surface area contributed by atoms with E-state index in [1.807, 2.05) is 31.2 Å². The highest BCUT2D eigenvalue weighted by Gasteiger charge is 2.27. The number of imidazole rings is 1. The number of carbonyl (C=O) groups is 1. The third-order valence-corrected chi connectivity index (χ3v) is 3.90. The fourth-order valence-corrected chi connectivity index (χ4v) is 2.83. The van der Waals surface area contributed by atoms with E-state index in [4.69, 9.17) is 4.74 Å². The number of hydrogen-bond acceptors (Lipinski definition) is 3. The number of aryl methyl sites for hydroxylation is 2. The van der Waals surface area contributed by atoms with Gasteiger partial charge in [-0.1, -0.05) is 12.1 Å². The van der Waals surface area contributed by atoms with Crippen LogP contribution in [0.2, 0.25) is 0 Å². The standard InChI is InChI=1S/C16H19N3O2/c1-10-17-12-8-7-11(9-14(12)18-10)16(20)19-13-5-3-4-6-15(13)21-2/h3-6,11H,7-9H2,1-2H3,(H,17,18)(H,19,20). The number of ether oxygens (including phenoxy) is 1. The molecule has 1 aromatic carbocycles. The number of nitrogens with one attached hydrogen (secondary N) is 2. The number of fused-ring (bicyclic) bond motifs is 1. The van der Waals surface area contributed by atoms with Crippen molar-refractivity contribution in [1.29, 1.82) is 0 Å². The summed E-state index contributed by atoms with van der Waals surface area (Å²) in [5.41, 5.74) is 2.92. The number of H-pyrrole nitrogens is 1. The summed E-state index contributed by atoms with van der Waals surface area (Å²) in [5, 5.41) is 2.97. The Morgan fingerprint density at radius 2 is 2.24 bits per heavy atom. The van der Waals surface area contributed by atoms with Gasteiger partial charge in [0.2, 0.25) is 5.91 Å². The molecular weight excluding hydrogens is 266 g/mol. The molecule has 1 aromatic heterocycles. The van der Waals surface area contributed by atoms with Gasteiger partial charge in [-0.25, -0.2) is 4.98 Å². The van der Waals surface area contributed by atoms with Gasteiger partial charge < -0.3 is 15.0 Å². The Kier molecular flexibility index (Phi) is 3.64. The highest BCUT2D eigenvalue weighted by molar-refractivity contribution is 5.94. The van der Waals surface area contributed by atoms with Crippen molar-refractivity contribution in [3.8, 4) is 5.75 Å². The summed E-state index contributed by atoms with van der Waals surface area (Å²) in [4.78, 5) is 20.2. The Balaban J connectivity index is 1.72. The summed E-state index contributed by atoms with van der Waals surface area (Å²) in [6.45, 7) is 1.95. The van der Waals surface area contributed by atoms with Crippen LogP contribution >= 0.6 is 0 Å². The van der Waals surface area contributed by atoms with Crippen molar-refractivity contribution in [3.05, 3.63) is 41.5 Å². The van der Waals surface area contributed by atoms with Crippen molar-refractivity contribution in [1.82, 2.24) is 9.97 Å². The number of hydrogen-bond donors (Lipinski definition) is 2. The largest absolute Gasteiger partial charge is 0.495 e. The lowest BCUT2D eigenvalue weighted by Crippen LogP contribution is -2.28. The van der Waals surface area contributed by atoms with Crippen LogP contribution in [0.25, 0.3) is 0 Å². The average Bonchev–Trinajstić information content (AvgIpc) is 2.86. The van der Waals surface area contributed by atoms with Crippen LogP contribution in [-0.4, -0.2) is 23.0 Å². The molecule has 2 N–H and O–H groups in total. The minimum atomic E-state index is -0.0257. The van der Waals surface area contributed by atoms with Gasteiger partial charge in [0.1, 0.15) is 11.6 Å². The number of methoxy groups -OCH3 is 1. The van der Waals surface area contributed by atoms with E-state index in [2.05, 4.69) is 15.3 Å². The smallest absolute Gasteiger partial charge is 0.227 e. The van der Waals surface area contributed by atoms with Crippen molar-refractivity contribution in [3.63, 3.8) is 0 Å². The monoisotopic (exact) mass is 285 g/mol. The molecule has 1 aliphatic carbocycles. The highest BCUT2D eigenvalue weighted by atomic mass is 16.5. The number of carbonyl (C=O) groups excluding carboxylic acids is 1. The quantitative estimate of drug-likeness (QED) is 0.910. The van der Waals surface area contributed by atoms with Gasteiger partial charge >= 0.3 is 0 Å². The lowest BCUT2D eigenvalue weighted by Gasteiger charge is -2.21. The molecule has 1 heterocycles. The van der Waals surface area contributed by atoms with Crippen molar-refractivity contribution in [2.45, 2.75) is 26.2 Å². The van der Waals surface area contributed by atoms with Gasteiger partial charge in [0.15, 0.2) is 0 Å². The summed E-state index contributed by atoms with van der Waals surface area (Å²) < 4.78 is 5.26. The first kappa shape index (κ1) is 13.7. The van der Waals surface area contributed by atoms with Gasteiger partial charge in [0.25, 0.3) is 0 Å². The predicted octanol–water partition coefficient (Wildman–Crippen LogP) is 2.47. The Labute approximate surface area is 123 Å². The van der Waals surface area contributed by atoms with Gasteiger partial charge in [0.05, 0.1) is 18.5 Å². The summed E-state index contributed by atoms with van der Waals surface area (Å²) in [6.07, 6.45) is 2.40. The van der Waals surface area contributed by atoms with Gasteiger partial charge in [-0.3, -0.25) is 4.79 Å². The van der Waals surface area contributed by atoms with Crippen LogP contribution < -0.4 is 10.1 Å². The Morgan fingerprint density at radius 1 is 1.43 bits per heavy atom. The normalized spacial score (nSPS) is 17.1. The molecule has 110 valence electrons. The lowest BCUT2D eigenvalue weighted by molar-refractivity contribution is -0.120. The molecule has 3 rings (SSSR count). The molecule has 0 saturated carbocycles. The third kappa shape index (κ3) is 2.77. The predicted molar refractivity (Wildman–Crippen MR) is 80.5 cm³/mol. The van der Waals surface area contributed by atoms with E-state index in [-0.39, 0.29) is 11.8 Å². The minimum absolute atomic E-state index is 0.0257. The van der Waals surface area contributed by atoms with E-state index < -0.39 is 0 Å². The van der Waals surface area contributed by atoms with Crippen LogP contribution in [-0.2, 0) is 17.6 Å². The van der Waals surface area contributed by atoms with E-state index >= 15 is 0 Å². The summed E-state index contributed by atoms with van der Waals surface area (Å²) >= 11 is 0. The molecular formula is C16H19N3O2. The maximum Gasteiger partial charge on any atom is 0.227 e. The molecule has 1 amide bonds. The molecule has 1 aliphatic rings. The first-order valence-corrected chi connectivity index (χ1v) is 7.15. The first-order valence-electron chi connectivity index (χ1n) is 7.15. The number of aromatic nitrogens is 2. The molecule has 0 saturated heterocycles. The minimum Gasteiger partial charge on any atom is -0.495 e. The fraction of sp³-hybridized carbons (Fsp3) is 0.375. The second kappa shape index (κ2) is 5.60. The van der Waals surface area contributed by atoms with Crippen LogP contribution in [0.3, 0.4) is 0 Å². The molecule has 21 heavy (non-hydrogen) atoms. The van der Waals surface area contributed by atoms with Crippen LogP contribution in [0.15, 0.2) is 24.3 Å². The van der Waals surface area contributed by atoms with Crippen molar-refractivity contribution in [2.75, 3.05) is 12.4 Å². The lowest BCUT2D eigenvalue weighted by atomic mass is 9.89. The molecule has 2 aromatic rings. The van der Waals surface area contributed by atoms with Crippen LogP contribution in [0.4, 0.5) is 5.69 Å². The maximum atomic E-state index is 12.5. The number of aromatic amines is 1. The molecule has 1 atom stereocenters. The number of benzene rings is 1. The molecule has 0 aliphatic heterocycles. The number of para-hydroxylation sites is 2. The van der Waals surface area contributed by atoms with Crippen LogP contribution in [0, 0.1) is 12.8 Å². The first-order chi connectivity index (χ1) is 10.2. The van der Waals surface area contributed by atoms with Gasteiger partial charge in [-0.05, 0) is 31.9 Å². The fourth-order valence-electron chi connectivity index (χ4n) is 2.83. The Hall–Kier alpha value is -2.30. The molecule has 5 heteroatoms. The molecule has 0 spiro atoms.